The molecule has 0 amide bonds. The van der Waals surface area contributed by atoms with Crippen LogP contribution in [0.2, 0.25) is 0 Å². The molecule has 0 aromatic heterocycles. The molecule has 0 fully saturated rings. The highest BCUT2D eigenvalue weighted by molar-refractivity contribution is 9.10. The molecule has 228 valence electrons. The van der Waals surface area contributed by atoms with Crippen molar-refractivity contribution < 1.29 is 4.74 Å². The molecule has 0 spiro atoms. The summed E-state index contributed by atoms with van der Waals surface area (Å²) in [5.41, 5.74) is 13.3. The summed E-state index contributed by atoms with van der Waals surface area (Å²) >= 11 is 7.48. The molecule has 0 aliphatic heterocycles. The summed E-state index contributed by atoms with van der Waals surface area (Å²) in [5, 5.41) is 0. The van der Waals surface area contributed by atoms with Gasteiger partial charge in [-0.05, 0) is 120 Å². The number of benzene rings is 4. The van der Waals surface area contributed by atoms with E-state index in [-0.39, 0.29) is 11.8 Å². The first-order chi connectivity index (χ1) is 20.5. The van der Waals surface area contributed by atoms with Gasteiger partial charge in [-0.1, -0.05) is 120 Å². The van der Waals surface area contributed by atoms with Gasteiger partial charge in [0.05, 0.1) is 13.2 Å². The Labute approximate surface area is 277 Å². The van der Waals surface area contributed by atoms with Gasteiger partial charge < -0.3 is 4.74 Å². The van der Waals surface area contributed by atoms with E-state index in [9.17, 15) is 0 Å². The van der Waals surface area contributed by atoms with Crippen LogP contribution in [-0.2, 0) is 17.6 Å². The van der Waals surface area contributed by atoms with Crippen molar-refractivity contribution in [1.29, 1.82) is 0 Å². The SMILES string of the molecule is Cc1c(Br)ccc(C(COCC(c2ccc(CC(C)C)cc2)c2ccc(Br)c(C)c2C)c2ccc(CC(C)C)cc2)c1C. The predicted molar refractivity (Wildman–Crippen MR) is 192 cm³/mol. The maximum Gasteiger partial charge on any atom is 0.0576 e. The zero-order valence-corrected chi connectivity index (χ0v) is 30.4. The molecular formula is C40H48Br2O. The largest absolute Gasteiger partial charge is 0.379 e. The first-order valence-corrected chi connectivity index (χ1v) is 17.3. The molecule has 0 radical (unpaired) electrons. The van der Waals surface area contributed by atoms with E-state index in [1.807, 2.05) is 0 Å². The van der Waals surface area contributed by atoms with E-state index < -0.39 is 0 Å². The fourth-order valence-corrected chi connectivity index (χ4v) is 6.98. The quantitative estimate of drug-likeness (QED) is 0.143. The van der Waals surface area contributed by atoms with Gasteiger partial charge in [0.2, 0.25) is 0 Å². The molecule has 0 heterocycles. The topological polar surface area (TPSA) is 9.23 Å². The van der Waals surface area contributed by atoms with Gasteiger partial charge in [0.15, 0.2) is 0 Å². The second kappa shape index (κ2) is 15.2. The molecule has 0 saturated carbocycles. The third kappa shape index (κ3) is 8.50. The first kappa shape index (κ1) is 33.7. The Morgan fingerprint density at radius 1 is 0.488 bits per heavy atom. The van der Waals surface area contributed by atoms with Gasteiger partial charge in [0.25, 0.3) is 0 Å². The second-order valence-electron chi connectivity index (χ2n) is 13.1. The van der Waals surface area contributed by atoms with Crippen LogP contribution in [0.1, 0.15) is 95.2 Å². The summed E-state index contributed by atoms with van der Waals surface area (Å²) in [6, 6.07) is 27.4. The van der Waals surface area contributed by atoms with Crippen molar-refractivity contribution in [2.75, 3.05) is 13.2 Å². The van der Waals surface area contributed by atoms with E-state index in [0.717, 1.165) is 21.8 Å². The van der Waals surface area contributed by atoms with E-state index in [4.69, 9.17) is 4.74 Å². The molecule has 0 aliphatic carbocycles. The third-order valence-corrected chi connectivity index (χ3v) is 10.6. The Kier molecular flexibility index (Phi) is 11.9. The van der Waals surface area contributed by atoms with Crippen LogP contribution in [0.5, 0.6) is 0 Å². The van der Waals surface area contributed by atoms with Crippen LogP contribution in [0.15, 0.2) is 81.7 Å². The number of hydrogen-bond acceptors (Lipinski definition) is 1. The standard InChI is InChI=1S/C40H48Br2O/c1-25(2)21-31-9-13-33(14-10-31)37(35-17-19-39(41)29(7)27(35)5)23-43-24-38(36-18-20-40(42)30(8)28(36)6)34-15-11-32(12-16-34)22-26(3)4/h9-20,25-26,37-38H,21-24H2,1-8H3. The van der Waals surface area contributed by atoms with Crippen molar-refractivity contribution in [3.05, 3.63) is 137 Å². The van der Waals surface area contributed by atoms with Crippen LogP contribution in [0.25, 0.3) is 0 Å². The van der Waals surface area contributed by atoms with Crippen molar-refractivity contribution in [2.24, 2.45) is 11.8 Å². The minimum Gasteiger partial charge on any atom is -0.379 e. The lowest BCUT2D eigenvalue weighted by molar-refractivity contribution is 0.120. The average molecular weight is 705 g/mol. The molecule has 0 saturated heterocycles. The molecule has 4 aromatic carbocycles. The molecule has 4 rings (SSSR count). The van der Waals surface area contributed by atoms with Gasteiger partial charge in [-0.25, -0.2) is 0 Å². The van der Waals surface area contributed by atoms with Gasteiger partial charge >= 0.3 is 0 Å². The van der Waals surface area contributed by atoms with E-state index in [0.29, 0.717) is 25.0 Å². The van der Waals surface area contributed by atoms with Crippen molar-refractivity contribution in [1.82, 2.24) is 0 Å². The zero-order chi connectivity index (χ0) is 31.3. The molecule has 1 nitrogen and oxygen atoms in total. The smallest absolute Gasteiger partial charge is 0.0576 e. The monoisotopic (exact) mass is 702 g/mol. The summed E-state index contributed by atoms with van der Waals surface area (Å²) < 4.78 is 9.10. The lowest BCUT2D eigenvalue weighted by atomic mass is 9.86. The number of hydrogen-bond donors (Lipinski definition) is 0. The molecule has 0 aliphatic rings. The summed E-state index contributed by atoms with van der Waals surface area (Å²) in [6.45, 7) is 19.3. The molecule has 2 unspecified atom stereocenters. The lowest BCUT2D eigenvalue weighted by Crippen LogP contribution is -2.17. The molecule has 4 aromatic rings. The van der Waals surface area contributed by atoms with Crippen molar-refractivity contribution in [2.45, 2.75) is 80.1 Å². The highest BCUT2D eigenvalue weighted by Crippen LogP contribution is 2.35. The molecule has 0 bridgehead atoms. The number of halogens is 2. The van der Waals surface area contributed by atoms with E-state index in [1.54, 1.807) is 0 Å². The van der Waals surface area contributed by atoms with Gasteiger partial charge in [-0.15, -0.1) is 0 Å². The van der Waals surface area contributed by atoms with E-state index in [1.165, 1.54) is 55.6 Å². The van der Waals surface area contributed by atoms with Crippen molar-refractivity contribution in [3.63, 3.8) is 0 Å². The van der Waals surface area contributed by atoms with Crippen LogP contribution in [0, 0.1) is 39.5 Å². The second-order valence-corrected chi connectivity index (χ2v) is 14.8. The van der Waals surface area contributed by atoms with Crippen LogP contribution in [0.4, 0.5) is 0 Å². The Balaban J connectivity index is 1.67. The van der Waals surface area contributed by atoms with Gasteiger partial charge in [-0.3, -0.25) is 0 Å². The number of rotatable bonds is 12. The predicted octanol–water partition coefficient (Wildman–Crippen LogP) is 11.8. The molecule has 2 atom stereocenters. The van der Waals surface area contributed by atoms with Crippen LogP contribution in [-0.4, -0.2) is 13.2 Å². The Morgan fingerprint density at radius 2 is 0.837 bits per heavy atom. The maximum absolute atomic E-state index is 6.79. The van der Waals surface area contributed by atoms with E-state index in [2.05, 4.69) is 160 Å². The fourth-order valence-electron chi connectivity index (χ4n) is 6.12. The van der Waals surface area contributed by atoms with Crippen LogP contribution in [0.3, 0.4) is 0 Å². The normalized spacial score (nSPS) is 13.1. The molecule has 3 heteroatoms. The summed E-state index contributed by atoms with van der Waals surface area (Å²) in [7, 11) is 0. The molecular weight excluding hydrogens is 656 g/mol. The minimum atomic E-state index is 0.154. The lowest BCUT2D eigenvalue weighted by Gasteiger charge is -2.26. The van der Waals surface area contributed by atoms with Crippen LogP contribution < -0.4 is 0 Å². The Morgan fingerprint density at radius 3 is 1.16 bits per heavy atom. The first-order valence-electron chi connectivity index (χ1n) is 15.7. The van der Waals surface area contributed by atoms with E-state index >= 15 is 0 Å². The van der Waals surface area contributed by atoms with Gasteiger partial charge in [0, 0.05) is 20.8 Å². The summed E-state index contributed by atoms with van der Waals surface area (Å²) in [5.74, 6) is 1.59. The fraction of sp³-hybridized carbons (Fsp3) is 0.400. The molecule has 43 heavy (non-hydrogen) atoms. The summed E-state index contributed by atoms with van der Waals surface area (Å²) in [6.07, 6.45) is 2.20. The Hall–Kier alpha value is -2.20. The highest BCUT2D eigenvalue weighted by Gasteiger charge is 2.23. The maximum atomic E-state index is 6.79. The minimum absolute atomic E-state index is 0.154. The van der Waals surface area contributed by atoms with Crippen molar-refractivity contribution in [3.8, 4) is 0 Å². The van der Waals surface area contributed by atoms with Crippen LogP contribution >= 0.6 is 31.9 Å². The number of ether oxygens (including phenoxy) is 1. The van der Waals surface area contributed by atoms with Gasteiger partial charge in [0.1, 0.15) is 0 Å². The third-order valence-electron chi connectivity index (χ3n) is 8.90. The highest BCUT2D eigenvalue weighted by atomic mass is 79.9. The average Bonchev–Trinajstić information content (AvgIpc) is 2.97. The van der Waals surface area contributed by atoms with Gasteiger partial charge in [-0.2, -0.15) is 0 Å². The Bertz CT molecular complexity index is 1380. The molecule has 0 N–H and O–H groups in total. The van der Waals surface area contributed by atoms with Crippen molar-refractivity contribution >= 4 is 31.9 Å². The summed E-state index contributed by atoms with van der Waals surface area (Å²) in [4.78, 5) is 0. The zero-order valence-electron chi connectivity index (χ0n) is 27.2.